The summed E-state index contributed by atoms with van der Waals surface area (Å²) in [6.07, 6.45) is 2.14. The quantitative estimate of drug-likeness (QED) is 0.805. The Balaban J connectivity index is 1.92. The molecule has 0 aromatic heterocycles. The van der Waals surface area contributed by atoms with Gasteiger partial charge in [0, 0.05) is 26.7 Å². The molecule has 1 fully saturated rings. The predicted octanol–water partition coefficient (Wildman–Crippen LogP) is 3.11. The predicted molar refractivity (Wildman–Crippen MR) is 73.2 cm³/mol. The van der Waals surface area contributed by atoms with E-state index in [0.29, 0.717) is 12.5 Å². The molecular formula is C15H21FN2O. The highest BCUT2D eigenvalue weighted by molar-refractivity contribution is 5.74. The first kappa shape index (κ1) is 13.8. The van der Waals surface area contributed by atoms with E-state index in [1.54, 1.807) is 18.0 Å². The van der Waals surface area contributed by atoms with Gasteiger partial charge in [-0.25, -0.2) is 9.18 Å². The summed E-state index contributed by atoms with van der Waals surface area (Å²) in [6.45, 7) is 4.32. The van der Waals surface area contributed by atoms with Crippen molar-refractivity contribution in [1.29, 1.82) is 0 Å². The monoisotopic (exact) mass is 264 g/mol. The zero-order valence-corrected chi connectivity index (χ0v) is 11.6. The molecular weight excluding hydrogens is 243 g/mol. The molecule has 0 atom stereocenters. The molecule has 19 heavy (non-hydrogen) atoms. The molecule has 0 bridgehead atoms. The second-order valence-electron chi connectivity index (χ2n) is 5.44. The number of piperidine rings is 1. The third-order valence-electron chi connectivity index (χ3n) is 3.69. The normalized spacial score (nSPS) is 16.5. The van der Waals surface area contributed by atoms with Crippen LogP contribution in [0.5, 0.6) is 0 Å². The maximum absolute atomic E-state index is 13.1. The number of nitrogens with zero attached hydrogens (tertiary/aromatic N) is 2. The Hall–Kier alpha value is -1.58. The van der Waals surface area contributed by atoms with Crippen LogP contribution in [0.15, 0.2) is 24.3 Å². The number of benzene rings is 1. The topological polar surface area (TPSA) is 23.6 Å². The number of amides is 2. The van der Waals surface area contributed by atoms with Crippen LogP contribution in [0.1, 0.15) is 25.3 Å². The van der Waals surface area contributed by atoms with Gasteiger partial charge in [0.15, 0.2) is 0 Å². The number of hydrogen-bond acceptors (Lipinski definition) is 1. The Morgan fingerprint density at radius 2 is 2.11 bits per heavy atom. The average Bonchev–Trinajstić information content (AvgIpc) is 2.39. The third-order valence-corrected chi connectivity index (χ3v) is 3.69. The first-order valence-electron chi connectivity index (χ1n) is 6.80. The Morgan fingerprint density at radius 3 is 2.74 bits per heavy atom. The first-order chi connectivity index (χ1) is 9.06. The molecule has 0 saturated carbocycles. The van der Waals surface area contributed by atoms with Gasteiger partial charge in [-0.3, -0.25) is 0 Å². The van der Waals surface area contributed by atoms with Gasteiger partial charge in [0.05, 0.1) is 0 Å². The van der Waals surface area contributed by atoms with Crippen LogP contribution in [0.25, 0.3) is 0 Å². The fourth-order valence-corrected chi connectivity index (χ4v) is 2.42. The minimum Gasteiger partial charge on any atom is -0.325 e. The summed E-state index contributed by atoms with van der Waals surface area (Å²) >= 11 is 0. The summed E-state index contributed by atoms with van der Waals surface area (Å²) < 4.78 is 13.1. The average molecular weight is 264 g/mol. The fraction of sp³-hybridized carbons (Fsp3) is 0.533. The van der Waals surface area contributed by atoms with Crippen molar-refractivity contribution < 1.29 is 9.18 Å². The molecule has 104 valence electrons. The summed E-state index contributed by atoms with van der Waals surface area (Å²) in [6, 6.07) is 6.44. The second-order valence-corrected chi connectivity index (χ2v) is 5.44. The van der Waals surface area contributed by atoms with Gasteiger partial charge in [0.25, 0.3) is 0 Å². The third kappa shape index (κ3) is 3.69. The van der Waals surface area contributed by atoms with Crippen molar-refractivity contribution in [1.82, 2.24) is 9.80 Å². The minimum absolute atomic E-state index is 0.0381. The van der Waals surface area contributed by atoms with E-state index in [1.807, 2.05) is 11.0 Å². The van der Waals surface area contributed by atoms with Gasteiger partial charge >= 0.3 is 6.03 Å². The second kappa shape index (κ2) is 6.04. The van der Waals surface area contributed by atoms with E-state index in [1.165, 1.54) is 12.1 Å². The number of halogens is 1. The minimum atomic E-state index is -0.259. The molecule has 0 spiro atoms. The molecule has 1 aromatic carbocycles. The summed E-state index contributed by atoms with van der Waals surface area (Å²) in [5.74, 6) is 0.447. The zero-order valence-electron chi connectivity index (χ0n) is 11.6. The zero-order chi connectivity index (χ0) is 13.8. The van der Waals surface area contributed by atoms with Crippen molar-refractivity contribution >= 4 is 6.03 Å². The van der Waals surface area contributed by atoms with Gasteiger partial charge in [0.1, 0.15) is 5.82 Å². The number of carbonyl (C=O) groups excluding carboxylic acids is 1. The lowest BCUT2D eigenvalue weighted by Crippen LogP contribution is -2.44. The molecule has 2 rings (SSSR count). The molecule has 1 heterocycles. The van der Waals surface area contributed by atoms with Crippen LogP contribution in [0, 0.1) is 11.7 Å². The Kier molecular flexibility index (Phi) is 4.40. The van der Waals surface area contributed by atoms with Gasteiger partial charge in [0.2, 0.25) is 0 Å². The lowest BCUT2D eigenvalue weighted by molar-refractivity contribution is 0.141. The van der Waals surface area contributed by atoms with Crippen molar-refractivity contribution in [3.05, 3.63) is 35.6 Å². The molecule has 1 aliphatic rings. The van der Waals surface area contributed by atoms with Gasteiger partial charge in [-0.15, -0.1) is 0 Å². The van der Waals surface area contributed by atoms with E-state index in [0.717, 1.165) is 31.5 Å². The van der Waals surface area contributed by atoms with E-state index in [-0.39, 0.29) is 11.8 Å². The lowest BCUT2D eigenvalue weighted by Gasteiger charge is -2.33. The smallest absolute Gasteiger partial charge is 0.320 e. The summed E-state index contributed by atoms with van der Waals surface area (Å²) in [7, 11) is 1.77. The molecule has 1 aromatic rings. The maximum Gasteiger partial charge on any atom is 0.320 e. The summed E-state index contributed by atoms with van der Waals surface area (Å²) in [4.78, 5) is 15.8. The van der Waals surface area contributed by atoms with Crippen molar-refractivity contribution in [2.24, 2.45) is 5.92 Å². The molecule has 3 nitrogen and oxygen atoms in total. The SMILES string of the molecule is CC1CCN(C(=O)N(C)Cc2cccc(F)c2)CC1. The van der Waals surface area contributed by atoms with Gasteiger partial charge in [-0.2, -0.15) is 0 Å². The molecule has 4 heteroatoms. The van der Waals surface area contributed by atoms with Crippen LogP contribution in [0.2, 0.25) is 0 Å². The summed E-state index contributed by atoms with van der Waals surface area (Å²) in [5, 5.41) is 0. The number of urea groups is 1. The Morgan fingerprint density at radius 1 is 1.42 bits per heavy atom. The van der Waals surface area contributed by atoms with Crippen LogP contribution in [0.3, 0.4) is 0 Å². The summed E-state index contributed by atoms with van der Waals surface area (Å²) in [5.41, 5.74) is 0.821. The largest absolute Gasteiger partial charge is 0.325 e. The van der Waals surface area contributed by atoms with E-state index in [2.05, 4.69) is 6.92 Å². The van der Waals surface area contributed by atoms with E-state index in [4.69, 9.17) is 0 Å². The van der Waals surface area contributed by atoms with Crippen molar-refractivity contribution in [3.63, 3.8) is 0 Å². The van der Waals surface area contributed by atoms with Crippen molar-refractivity contribution in [3.8, 4) is 0 Å². The van der Waals surface area contributed by atoms with Crippen LogP contribution in [-0.4, -0.2) is 36.0 Å². The van der Waals surface area contributed by atoms with Crippen molar-refractivity contribution in [2.75, 3.05) is 20.1 Å². The molecule has 0 N–H and O–H groups in total. The number of hydrogen-bond donors (Lipinski definition) is 0. The first-order valence-corrected chi connectivity index (χ1v) is 6.80. The highest BCUT2D eigenvalue weighted by atomic mass is 19.1. The van der Waals surface area contributed by atoms with Crippen LogP contribution < -0.4 is 0 Å². The molecule has 2 amide bonds. The lowest BCUT2D eigenvalue weighted by atomic mass is 9.99. The van der Waals surface area contributed by atoms with Crippen LogP contribution in [-0.2, 0) is 6.54 Å². The van der Waals surface area contributed by atoms with Crippen LogP contribution in [0.4, 0.5) is 9.18 Å². The van der Waals surface area contributed by atoms with E-state index in [9.17, 15) is 9.18 Å². The van der Waals surface area contributed by atoms with E-state index < -0.39 is 0 Å². The van der Waals surface area contributed by atoms with E-state index >= 15 is 0 Å². The number of likely N-dealkylation sites (tertiary alicyclic amines) is 1. The number of rotatable bonds is 2. The number of carbonyl (C=O) groups is 1. The molecule has 1 aliphatic heterocycles. The highest BCUT2D eigenvalue weighted by Crippen LogP contribution is 2.17. The Labute approximate surface area is 114 Å². The van der Waals surface area contributed by atoms with Gasteiger partial charge in [-0.1, -0.05) is 19.1 Å². The molecule has 0 radical (unpaired) electrons. The standard InChI is InChI=1S/C15H21FN2O/c1-12-6-8-18(9-7-12)15(19)17(2)11-13-4-3-5-14(16)10-13/h3-5,10,12H,6-9,11H2,1-2H3. The maximum atomic E-state index is 13.1. The molecule has 0 aliphatic carbocycles. The van der Waals surface area contributed by atoms with Crippen LogP contribution >= 0.6 is 0 Å². The van der Waals surface area contributed by atoms with Gasteiger partial charge in [-0.05, 0) is 36.5 Å². The fourth-order valence-electron chi connectivity index (χ4n) is 2.42. The molecule has 1 saturated heterocycles. The molecule has 0 unspecified atom stereocenters. The van der Waals surface area contributed by atoms with Crippen molar-refractivity contribution in [2.45, 2.75) is 26.3 Å². The Bertz CT molecular complexity index is 442. The highest BCUT2D eigenvalue weighted by Gasteiger charge is 2.22. The van der Waals surface area contributed by atoms with Gasteiger partial charge < -0.3 is 9.80 Å².